The van der Waals surface area contributed by atoms with Crippen molar-refractivity contribution < 1.29 is 22.0 Å². The van der Waals surface area contributed by atoms with E-state index in [1.54, 1.807) is 0 Å². The van der Waals surface area contributed by atoms with Crippen LogP contribution in [-0.2, 0) is 6.18 Å². The lowest BCUT2D eigenvalue weighted by Gasteiger charge is -2.07. The Bertz CT molecular complexity index is 933. The predicted octanol–water partition coefficient (Wildman–Crippen LogP) is 4.33. The zero-order valence-corrected chi connectivity index (χ0v) is 11.9. The number of alkyl halides is 5. The Kier molecular flexibility index (Phi) is 3.72. The molecular weight excluding hydrogens is 329 g/mol. The molecule has 0 fully saturated rings. The highest BCUT2D eigenvalue weighted by Crippen LogP contribution is 2.31. The Morgan fingerprint density at radius 1 is 1.08 bits per heavy atom. The van der Waals surface area contributed by atoms with E-state index in [1.165, 1.54) is 24.4 Å². The van der Waals surface area contributed by atoms with Crippen molar-refractivity contribution in [2.75, 3.05) is 0 Å². The molecular formula is C16H8F5N3. The van der Waals surface area contributed by atoms with Gasteiger partial charge in [-0.25, -0.2) is 18.3 Å². The second-order valence-electron chi connectivity index (χ2n) is 4.86. The summed E-state index contributed by atoms with van der Waals surface area (Å²) in [5.74, 6) is 2.13. The number of nitrogens with zero attached hydrogens (tertiary/aromatic N) is 3. The van der Waals surface area contributed by atoms with Crippen LogP contribution in [0.15, 0.2) is 36.5 Å². The number of halogens is 5. The van der Waals surface area contributed by atoms with Crippen molar-refractivity contribution in [3.63, 3.8) is 0 Å². The van der Waals surface area contributed by atoms with E-state index < -0.39 is 23.9 Å². The van der Waals surface area contributed by atoms with Gasteiger partial charge in [0.2, 0.25) is 0 Å². The van der Waals surface area contributed by atoms with Gasteiger partial charge in [0.05, 0.1) is 16.8 Å². The molecule has 1 aromatic carbocycles. The minimum atomic E-state index is -4.44. The Labute approximate surface area is 132 Å². The summed E-state index contributed by atoms with van der Waals surface area (Å²) in [7, 11) is 0. The van der Waals surface area contributed by atoms with Gasteiger partial charge in [0.15, 0.2) is 5.65 Å². The van der Waals surface area contributed by atoms with Crippen molar-refractivity contribution in [3.05, 3.63) is 53.3 Å². The summed E-state index contributed by atoms with van der Waals surface area (Å²) in [4.78, 5) is 4.15. The van der Waals surface area contributed by atoms with Crippen LogP contribution < -0.4 is 0 Å². The third-order valence-electron chi connectivity index (χ3n) is 3.37. The third-order valence-corrected chi connectivity index (χ3v) is 3.37. The Morgan fingerprint density at radius 2 is 1.75 bits per heavy atom. The molecule has 2 heterocycles. The molecule has 0 N–H and O–H groups in total. The molecule has 0 saturated carbocycles. The second kappa shape index (κ2) is 5.60. The van der Waals surface area contributed by atoms with Gasteiger partial charge in [-0.3, -0.25) is 0 Å². The number of hydrogen-bond donors (Lipinski definition) is 0. The molecule has 0 atom stereocenters. The van der Waals surface area contributed by atoms with Gasteiger partial charge in [0.25, 0.3) is 6.43 Å². The van der Waals surface area contributed by atoms with Crippen molar-refractivity contribution in [2.45, 2.75) is 12.6 Å². The highest BCUT2D eigenvalue weighted by Gasteiger charge is 2.30. The number of terminal acetylenes is 1. The van der Waals surface area contributed by atoms with Gasteiger partial charge in [0.1, 0.15) is 5.69 Å². The van der Waals surface area contributed by atoms with Gasteiger partial charge in [-0.2, -0.15) is 18.3 Å². The lowest BCUT2D eigenvalue weighted by molar-refractivity contribution is -0.137. The molecule has 0 unspecified atom stereocenters. The van der Waals surface area contributed by atoms with Crippen LogP contribution in [0.3, 0.4) is 0 Å². The number of aromatic nitrogens is 3. The first-order valence-corrected chi connectivity index (χ1v) is 6.63. The first-order valence-electron chi connectivity index (χ1n) is 6.63. The first kappa shape index (κ1) is 15.9. The lowest BCUT2D eigenvalue weighted by Crippen LogP contribution is -2.04. The van der Waals surface area contributed by atoms with Crippen LogP contribution in [0.5, 0.6) is 0 Å². The molecule has 0 aliphatic rings. The molecule has 3 rings (SSSR count). The fourth-order valence-corrected chi connectivity index (χ4v) is 2.23. The Hall–Kier alpha value is -2.95. The van der Waals surface area contributed by atoms with E-state index in [4.69, 9.17) is 6.42 Å². The summed E-state index contributed by atoms with van der Waals surface area (Å²) in [6.07, 6.45) is -0.664. The number of fused-ring (bicyclic) bond motifs is 1. The van der Waals surface area contributed by atoms with E-state index in [-0.39, 0.29) is 11.2 Å². The van der Waals surface area contributed by atoms with Crippen molar-refractivity contribution >= 4 is 5.65 Å². The van der Waals surface area contributed by atoms with Gasteiger partial charge in [-0.1, -0.05) is 18.1 Å². The zero-order valence-electron chi connectivity index (χ0n) is 11.9. The van der Waals surface area contributed by atoms with Crippen LogP contribution in [0.4, 0.5) is 22.0 Å². The molecule has 3 nitrogen and oxygen atoms in total. The van der Waals surface area contributed by atoms with Crippen LogP contribution in [0, 0.1) is 12.3 Å². The number of benzene rings is 1. The predicted molar refractivity (Wildman–Crippen MR) is 76.3 cm³/mol. The van der Waals surface area contributed by atoms with E-state index in [2.05, 4.69) is 16.0 Å². The van der Waals surface area contributed by atoms with Gasteiger partial charge in [0, 0.05) is 11.8 Å². The summed E-state index contributed by atoms with van der Waals surface area (Å²) < 4.78 is 64.7. The van der Waals surface area contributed by atoms with E-state index in [0.717, 1.165) is 16.6 Å². The molecule has 2 aromatic heterocycles. The molecule has 0 aliphatic heterocycles. The minimum absolute atomic E-state index is 0.0465. The summed E-state index contributed by atoms with van der Waals surface area (Å²) in [5, 5.41) is 3.68. The van der Waals surface area contributed by atoms with Crippen LogP contribution in [-0.4, -0.2) is 14.6 Å². The van der Waals surface area contributed by atoms with Gasteiger partial charge in [-0.15, -0.1) is 6.42 Å². The molecule has 3 aromatic rings. The highest BCUT2D eigenvalue weighted by atomic mass is 19.4. The quantitative estimate of drug-likeness (QED) is 0.515. The number of rotatable bonds is 2. The lowest BCUT2D eigenvalue weighted by atomic mass is 10.1. The van der Waals surface area contributed by atoms with E-state index in [1.807, 2.05) is 0 Å². The van der Waals surface area contributed by atoms with Gasteiger partial charge >= 0.3 is 6.18 Å². The van der Waals surface area contributed by atoms with Gasteiger partial charge in [-0.05, 0) is 18.2 Å². The molecule has 0 spiro atoms. The molecule has 0 radical (unpaired) electrons. The maximum Gasteiger partial charge on any atom is 0.416 e. The zero-order chi connectivity index (χ0) is 17.5. The molecule has 8 heteroatoms. The largest absolute Gasteiger partial charge is 0.416 e. The van der Waals surface area contributed by atoms with Crippen LogP contribution >= 0.6 is 0 Å². The van der Waals surface area contributed by atoms with Crippen molar-refractivity contribution in [2.24, 2.45) is 0 Å². The van der Waals surface area contributed by atoms with Crippen LogP contribution in [0.25, 0.3) is 16.9 Å². The average molecular weight is 337 g/mol. The molecule has 0 bridgehead atoms. The fraction of sp³-hybridized carbons (Fsp3) is 0.125. The summed E-state index contributed by atoms with van der Waals surface area (Å²) in [5.41, 5.74) is -0.749. The monoisotopic (exact) mass is 337 g/mol. The van der Waals surface area contributed by atoms with E-state index in [0.29, 0.717) is 11.3 Å². The SMILES string of the molecule is C#Cc1c(C(F)F)nn2ccc(-c3ccc(C(F)(F)F)cc3)nc12. The highest BCUT2D eigenvalue weighted by molar-refractivity contribution is 5.66. The second-order valence-corrected chi connectivity index (χ2v) is 4.86. The standard InChI is InChI=1S/C16H8F5N3/c1-2-11-13(14(17)18)23-24-8-7-12(22-15(11)24)9-3-5-10(6-4-9)16(19,20)21/h1,3-8,14H. The Balaban J connectivity index is 2.09. The summed E-state index contributed by atoms with van der Waals surface area (Å²) in [6.45, 7) is 0. The smallest absolute Gasteiger partial charge is 0.227 e. The van der Waals surface area contributed by atoms with Crippen molar-refractivity contribution in [1.82, 2.24) is 14.6 Å². The number of hydrogen-bond acceptors (Lipinski definition) is 2. The molecule has 0 amide bonds. The normalized spacial score (nSPS) is 11.9. The van der Waals surface area contributed by atoms with Crippen LogP contribution in [0.1, 0.15) is 23.2 Å². The molecule has 122 valence electrons. The van der Waals surface area contributed by atoms with Crippen molar-refractivity contribution in [3.8, 4) is 23.6 Å². The Morgan fingerprint density at radius 3 is 2.29 bits per heavy atom. The molecule has 0 saturated heterocycles. The first-order chi connectivity index (χ1) is 11.3. The summed E-state index contributed by atoms with van der Waals surface area (Å²) >= 11 is 0. The van der Waals surface area contributed by atoms with Crippen LogP contribution in [0.2, 0.25) is 0 Å². The maximum atomic E-state index is 12.9. The fourth-order valence-electron chi connectivity index (χ4n) is 2.23. The van der Waals surface area contributed by atoms with Gasteiger partial charge < -0.3 is 0 Å². The molecule has 0 aliphatic carbocycles. The van der Waals surface area contributed by atoms with E-state index >= 15 is 0 Å². The van der Waals surface area contributed by atoms with Crippen molar-refractivity contribution in [1.29, 1.82) is 0 Å². The summed E-state index contributed by atoms with van der Waals surface area (Å²) in [6, 6.07) is 5.80. The molecule has 24 heavy (non-hydrogen) atoms. The van der Waals surface area contributed by atoms with E-state index in [9.17, 15) is 22.0 Å². The minimum Gasteiger partial charge on any atom is -0.227 e. The average Bonchev–Trinajstić information content (AvgIpc) is 2.92. The topological polar surface area (TPSA) is 30.2 Å². The maximum absolute atomic E-state index is 12.9. The third kappa shape index (κ3) is 2.69.